The molecule has 2 aliphatic rings. The van der Waals surface area contributed by atoms with Crippen molar-refractivity contribution in [3.8, 4) is 5.75 Å². The highest BCUT2D eigenvalue weighted by Crippen LogP contribution is 2.35. The summed E-state index contributed by atoms with van der Waals surface area (Å²) in [5.41, 5.74) is 9.07. The molecule has 6 nitrogen and oxygen atoms in total. The van der Waals surface area contributed by atoms with Crippen molar-refractivity contribution in [3.63, 3.8) is 0 Å². The second kappa shape index (κ2) is 8.03. The lowest BCUT2D eigenvalue weighted by molar-refractivity contribution is -0.122. The number of nitrogens with one attached hydrogen (secondary N) is 1. The highest BCUT2D eigenvalue weighted by Gasteiger charge is 2.30. The molecule has 1 aromatic carbocycles. The molecule has 0 saturated carbocycles. The van der Waals surface area contributed by atoms with Crippen LogP contribution in [0.15, 0.2) is 36.5 Å². The number of hydrogen-bond donors (Lipinski definition) is 2. The van der Waals surface area contributed by atoms with Crippen molar-refractivity contribution in [2.24, 2.45) is 11.7 Å². The van der Waals surface area contributed by atoms with Crippen LogP contribution in [0.3, 0.4) is 0 Å². The number of ether oxygens (including phenoxy) is 1. The zero-order valence-electron chi connectivity index (χ0n) is 17.3. The van der Waals surface area contributed by atoms with Crippen molar-refractivity contribution in [2.75, 3.05) is 18.0 Å². The maximum absolute atomic E-state index is 11.4. The zero-order chi connectivity index (χ0) is 20.4. The highest BCUT2D eigenvalue weighted by molar-refractivity contribution is 5.77. The van der Waals surface area contributed by atoms with Gasteiger partial charge in [0.2, 0.25) is 5.91 Å². The topological polar surface area (TPSA) is 80.5 Å². The van der Waals surface area contributed by atoms with Crippen molar-refractivity contribution in [2.45, 2.75) is 51.8 Å². The lowest BCUT2D eigenvalue weighted by atomic mass is 9.96. The Hall–Kier alpha value is -2.60. The average molecular weight is 395 g/mol. The van der Waals surface area contributed by atoms with Gasteiger partial charge in [0.05, 0.1) is 0 Å². The first-order valence-electron chi connectivity index (χ1n) is 10.4. The molecule has 154 valence electrons. The SMILES string of the molecule is CC1(C)Cc2cc(CNCc3cccnc3N3CCC(C(N)=O)CC3)ccc2O1. The number of hydrogen-bond acceptors (Lipinski definition) is 5. The minimum atomic E-state index is -0.185. The number of primary amides is 1. The fourth-order valence-electron chi connectivity index (χ4n) is 4.34. The van der Waals surface area contributed by atoms with Crippen LogP contribution in [0.5, 0.6) is 5.75 Å². The van der Waals surface area contributed by atoms with Crippen molar-refractivity contribution < 1.29 is 9.53 Å². The van der Waals surface area contributed by atoms with Crippen LogP contribution < -0.4 is 20.7 Å². The summed E-state index contributed by atoms with van der Waals surface area (Å²) in [6, 6.07) is 10.6. The van der Waals surface area contributed by atoms with Crippen LogP contribution in [0.2, 0.25) is 0 Å². The van der Waals surface area contributed by atoms with E-state index in [1.165, 1.54) is 16.7 Å². The normalized spacial score (nSPS) is 18.3. The standard InChI is InChI=1S/C23H30N4O2/c1-23(2)13-19-12-16(5-6-20(19)29-23)14-25-15-18-4-3-9-26-22(18)27-10-7-17(8-11-27)21(24)28/h3-6,9,12,17,25H,7-8,10-11,13-15H2,1-2H3,(H2,24,28). The first kappa shape index (κ1) is 19.7. The lowest BCUT2D eigenvalue weighted by Crippen LogP contribution is -2.39. The third kappa shape index (κ3) is 4.53. The van der Waals surface area contributed by atoms with E-state index in [0.717, 1.165) is 57.0 Å². The van der Waals surface area contributed by atoms with Gasteiger partial charge < -0.3 is 20.7 Å². The molecular weight excluding hydrogens is 364 g/mol. The predicted molar refractivity (Wildman–Crippen MR) is 114 cm³/mol. The molecule has 29 heavy (non-hydrogen) atoms. The summed E-state index contributed by atoms with van der Waals surface area (Å²) in [4.78, 5) is 18.3. The van der Waals surface area contributed by atoms with Crippen LogP contribution in [0.25, 0.3) is 0 Å². The van der Waals surface area contributed by atoms with Gasteiger partial charge in [0, 0.05) is 50.3 Å². The third-order valence-corrected chi connectivity index (χ3v) is 5.84. The number of piperidine rings is 1. The van der Waals surface area contributed by atoms with Gasteiger partial charge in [-0.25, -0.2) is 4.98 Å². The van der Waals surface area contributed by atoms with Crippen LogP contribution in [0, 0.1) is 5.92 Å². The molecule has 1 amide bonds. The van der Waals surface area contributed by atoms with E-state index in [4.69, 9.17) is 10.5 Å². The molecule has 0 radical (unpaired) electrons. The number of carbonyl (C=O) groups excluding carboxylic acids is 1. The van der Waals surface area contributed by atoms with Gasteiger partial charge in [-0.1, -0.05) is 18.2 Å². The summed E-state index contributed by atoms with van der Waals surface area (Å²) < 4.78 is 5.97. The summed E-state index contributed by atoms with van der Waals surface area (Å²) in [7, 11) is 0. The molecule has 0 unspecified atom stereocenters. The molecule has 2 aromatic rings. The Labute approximate surface area is 172 Å². The Balaban J connectivity index is 1.36. The Morgan fingerprint density at radius 2 is 2.07 bits per heavy atom. The molecule has 0 aliphatic carbocycles. The van der Waals surface area contributed by atoms with Crippen LogP contribution in [0.1, 0.15) is 43.4 Å². The van der Waals surface area contributed by atoms with Gasteiger partial charge in [0.25, 0.3) is 0 Å². The minimum Gasteiger partial charge on any atom is -0.487 e. The summed E-state index contributed by atoms with van der Waals surface area (Å²) in [5, 5.41) is 3.55. The van der Waals surface area contributed by atoms with Gasteiger partial charge >= 0.3 is 0 Å². The highest BCUT2D eigenvalue weighted by atomic mass is 16.5. The Kier molecular flexibility index (Phi) is 5.46. The molecule has 4 rings (SSSR count). The van der Waals surface area contributed by atoms with E-state index in [1.807, 2.05) is 12.3 Å². The quantitative estimate of drug-likeness (QED) is 0.787. The number of benzene rings is 1. The second-order valence-electron chi connectivity index (χ2n) is 8.73. The Morgan fingerprint density at radius 3 is 2.83 bits per heavy atom. The number of fused-ring (bicyclic) bond motifs is 1. The number of carbonyl (C=O) groups is 1. The Bertz CT molecular complexity index is 888. The number of rotatable bonds is 6. The van der Waals surface area contributed by atoms with E-state index in [1.54, 1.807) is 0 Å². The van der Waals surface area contributed by atoms with Crippen molar-refractivity contribution in [3.05, 3.63) is 53.2 Å². The molecule has 1 saturated heterocycles. The number of amides is 1. The third-order valence-electron chi connectivity index (χ3n) is 5.84. The first-order valence-corrected chi connectivity index (χ1v) is 10.4. The van der Waals surface area contributed by atoms with Crippen LogP contribution in [0.4, 0.5) is 5.82 Å². The van der Waals surface area contributed by atoms with Crippen LogP contribution >= 0.6 is 0 Å². The number of anilines is 1. The van der Waals surface area contributed by atoms with Crippen LogP contribution in [-0.2, 0) is 24.3 Å². The van der Waals surface area contributed by atoms with Crippen LogP contribution in [-0.4, -0.2) is 29.6 Å². The summed E-state index contributed by atoms with van der Waals surface area (Å²) in [6.45, 7) is 7.43. The number of pyridine rings is 1. The largest absolute Gasteiger partial charge is 0.487 e. The summed E-state index contributed by atoms with van der Waals surface area (Å²) in [5.74, 6) is 1.82. The lowest BCUT2D eigenvalue weighted by Gasteiger charge is -2.32. The second-order valence-corrected chi connectivity index (χ2v) is 8.73. The van der Waals surface area contributed by atoms with E-state index in [2.05, 4.69) is 53.3 Å². The molecule has 0 bridgehead atoms. The molecule has 2 aliphatic heterocycles. The Morgan fingerprint density at radius 1 is 1.28 bits per heavy atom. The first-order chi connectivity index (χ1) is 13.9. The summed E-state index contributed by atoms with van der Waals surface area (Å²) >= 11 is 0. The maximum atomic E-state index is 11.4. The van der Waals surface area contributed by atoms with Gasteiger partial charge in [-0.2, -0.15) is 0 Å². The zero-order valence-corrected chi connectivity index (χ0v) is 17.3. The molecule has 0 spiro atoms. The van der Waals surface area contributed by atoms with Gasteiger partial charge in [-0.05, 0) is 49.9 Å². The van der Waals surface area contributed by atoms with Gasteiger partial charge in [-0.15, -0.1) is 0 Å². The molecule has 1 aromatic heterocycles. The van der Waals surface area contributed by atoms with Crippen molar-refractivity contribution >= 4 is 11.7 Å². The van der Waals surface area contributed by atoms with E-state index < -0.39 is 0 Å². The molecular formula is C23H30N4O2. The fraction of sp³-hybridized carbons (Fsp3) is 0.478. The molecule has 3 heterocycles. The van der Waals surface area contributed by atoms with Gasteiger partial charge in [0.15, 0.2) is 0 Å². The monoisotopic (exact) mass is 394 g/mol. The van der Waals surface area contributed by atoms with E-state index in [0.29, 0.717) is 0 Å². The molecule has 3 N–H and O–H groups in total. The summed E-state index contributed by atoms with van der Waals surface area (Å²) in [6.07, 6.45) is 4.38. The average Bonchev–Trinajstić information content (AvgIpc) is 3.01. The van der Waals surface area contributed by atoms with Gasteiger partial charge in [0.1, 0.15) is 17.2 Å². The smallest absolute Gasteiger partial charge is 0.220 e. The molecule has 6 heteroatoms. The van der Waals surface area contributed by atoms with E-state index >= 15 is 0 Å². The minimum absolute atomic E-state index is 0.00898. The van der Waals surface area contributed by atoms with Gasteiger partial charge in [-0.3, -0.25) is 4.79 Å². The fourth-order valence-corrected chi connectivity index (χ4v) is 4.34. The van der Waals surface area contributed by atoms with E-state index in [9.17, 15) is 4.79 Å². The van der Waals surface area contributed by atoms with Crippen molar-refractivity contribution in [1.82, 2.24) is 10.3 Å². The number of nitrogens with zero attached hydrogens (tertiary/aromatic N) is 2. The molecule has 0 atom stereocenters. The van der Waals surface area contributed by atoms with Crippen molar-refractivity contribution in [1.29, 1.82) is 0 Å². The predicted octanol–water partition coefficient (Wildman–Crippen LogP) is 2.79. The van der Waals surface area contributed by atoms with E-state index in [-0.39, 0.29) is 17.4 Å². The molecule has 1 fully saturated rings. The number of nitrogens with two attached hydrogens (primary N) is 1. The maximum Gasteiger partial charge on any atom is 0.220 e. The number of aromatic nitrogens is 1.